The fraction of sp³-hybridized carbons (Fsp3) is 0.333. The third kappa shape index (κ3) is 5.09. The number of ether oxygens (including phenoxy) is 2. The molecule has 0 fully saturated rings. The second-order valence-corrected chi connectivity index (χ2v) is 40.1. The van der Waals surface area contributed by atoms with E-state index in [0.717, 1.165) is 22.6 Å². The zero-order chi connectivity index (χ0) is 24.7. The molecule has 0 heterocycles. The summed E-state index contributed by atoms with van der Waals surface area (Å²) in [6.07, 6.45) is 0. The van der Waals surface area contributed by atoms with E-state index in [1.807, 2.05) is 0 Å². The van der Waals surface area contributed by atoms with Crippen LogP contribution < -0.4 is 16.6 Å². The molecule has 0 aliphatic carbocycles. The van der Waals surface area contributed by atoms with Crippen LogP contribution >= 0.6 is 0 Å². The standard InChI is InChI=1S/C24H20O2.6CH3.2Sn/c1-3-25-21-15-13-17-9-5-7-11-19(17)23(21)24-20-12-8-6-10-18(20)14-16-22(24)26-4-2;;;;;;;;/h7-16H,3-4H2,1-2H3;6*1H3;;. The molecule has 0 radical (unpaired) electrons. The second-order valence-electron chi connectivity index (χ2n) is 11.1. The minimum absolute atomic E-state index is 0.631. The Morgan fingerprint density at radius 1 is 0.529 bits per heavy atom. The van der Waals surface area contributed by atoms with Crippen molar-refractivity contribution < 1.29 is 9.47 Å². The zero-order valence-corrected chi connectivity index (χ0v) is 27.7. The van der Waals surface area contributed by atoms with Crippen molar-refractivity contribution in [3.63, 3.8) is 0 Å². The van der Waals surface area contributed by atoms with Crippen molar-refractivity contribution in [2.24, 2.45) is 0 Å². The van der Waals surface area contributed by atoms with Crippen molar-refractivity contribution in [2.75, 3.05) is 13.2 Å². The molecule has 34 heavy (non-hydrogen) atoms. The van der Waals surface area contributed by atoms with Crippen molar-refractivity contribution in [2.45, 2.75) is 43.5 Å². The van der Waals surface area contributed by atoms with Gasteiger partial charge in [0.25, 0.3) is 0 Å². The first-order chi connectivity index (χ1) is 16.0. The van der Waals surface area contributed by atoms with E-state index >= 15 is 0 Å². The van der Waals surface area contributed by atoms with Gasteiger partial charge in [-0.1, -0.05) is 0 Å². The van der Waals surface area contributed by atoms with Crippen molar-refractivity contribution in [1.29, 1.82) is 0 Å². The molecule has 4 aromatic carbocycles. The predicted molar refractivity (Wildman–Crippen MR) is 155 cm³/mol. The van der Waals surface area contributed by atoms with Gasteiger partial charge in [-0.25, -0.2) is 0 Å². The van der Waals surface area contributed by atoms with Gasteiger partial charge < -0.3 is 0 Å². The molecule has 0 aliphatic rings. The van der Waals surface area contributed by atoms with E-state index in [1.165, 1.54) is 21.5 Å². The first-order valence-electron chi connectivity index (χ1n) is 12.4. The SMILES string of the molecule is CCOc1ccc2c[c]([Sn]([CH3])([CH3])[CH3])ccc2c1-c1c(OCC)ccc2c[c]([Sn]([CH3])([CH3])[CH3])ccc12. The fourth-order valence-electron chi connectivity index (χ4n) is 4.62. The van der Waals surface area contributed by atoms with Crippen LogP contribution in [0.1, 0.15) is 13.8 Å². The van der Waals surface area contributed by atoms with Crippen molar-refractivity contribution in [3.8, 4) is 22.6 Å². The summed E-state index contributed by atoms with van der Waals surface area (Å²) in [4.78, 5) is 14.8. The molecule has 0 spiro atoms. The van der Waals surface area contributed by atoms with Gasteiger partial charge in [-0.15, -0.1) is 0 Å². The average Bonchev–Trinajstić information content (AvgIpc) is 2.78. The Hall–Kier alpha value is -1.40. The van der Waals surface area contributed by atoms with Crippen LogP contribution in [-0.2, 0) is 0 Å². The van der Waals surface area contributed by atoms with Crippen LogP contribution in [0.5, 0.6) is 11.5 Å². The van der Waals surface area contributed by atoms with E-state index < -0.39 is 36.8 Å². The molecule has 2 nitrogen and oxygen atoms in total. The molecule has 178 valence electrons. The van der Waals surface area contributed by atoms with E-state index in [-0.39, 0.29) is 0 Å². The summed E-state index contributed by atoms with van der Waals surface area (Å²) < 4.78 is 15.5. The van der Waals surface area contributed by atoms with E-state index in [4.69, 9.17) is 9.47 Å². The Balaban J connectivity index is 2.10. The molecule has 4 rings (SSSR count). The van der Waals surface area contributed by atoms with Gasteiger partial charge in [-0.05, 0) is 0 Å². The predicted octanol–water partition coefficient (Wildman–Crippen LogP) is 7.55. The molecule has 0 N–H and O–H groups in total. The van der Waals surface area contributed by atoms with Gasteiger partial charge in [0.05, 0.1) is 0 Å². The van der Waals surface area contributed by atoms with Crippen LogP contribution in [0.25, 0.3) is 32.7 Å². The van der Waals surface area contributed by atoms with E-state index in [2.05, 4.69) is 104 Å². The Bertz CT molecular complexity index is 1240. The maximum atomic E-state index is 6.23. The molecule has 0 aliphatic heterocycles. The molecule has 0 saturated carbocycles. The Labute approximate surface area is 213 Å². The first-order valence-corrected chi connectivity index (χ1v) is 32.4. The monoisotopic (exact) mass is 670 g/mol. The van der Waals surface area contributed by atoms with Gasteiger partial charge in [0.15, 0.2) is 0 Å². The maximum absolute atomic E-state index is 6.23. The van der Waals surface area contributed by atoms with Crippen molar-refractivity contribution >= 4 is 65.5 Å². The summed E-state index contributed by atoms with van der Waals surface area (Å²) in [5.41, 5.74) is 2.30. The quantitative estimate of drug-likeness (QED) is 0.190. The molecular formula is C30H38O2Sn2. The normalized spacial score (nSPS) is 12.4. The zero-order valence-electron chi connectivity index (χ0n) is 22.0. The second kappa shape index (κ2) is 9.92. The van der Waals surface area contributed by atoms with Gasteiger partial charge in [0, 0.05) is 0 Å². The van der Waals surface area contributed by atoms with Crippen LogP contribution in [0.15, 0.2) is 60.7 Å². The van der Waals surface area contributed by atoms with Crippen LogP contribution in [0.3, 0.4) is 0 Å². The van der Waals surface area contributed by atoms with Crippen LogP contribution in [-0.4, -0.2) is 50.0 Å². The molecule has 4 aromatic rings. The third-order valence-corrected chi connectivity index (χ3v) is 18.2. The summed E-state index contributed by atoms with van der Waals surface area (Å²) >= 11 is -4.38. The van der Waals surface area contributed by atoms with Gasteiger partial charge in [0.2, 0.25) is 0 Å². The number of benzene rings is 4. The Morgan fingerprint density at radius 2 is 0.912 bits per heavy atom. The van der Waals surface area contributed by atoms with Crippen LogP contribution in [0.2, 0.25) is 29.6 Å². The summed E-state index contributed by atoms with van der Waals surface area (Å²) in [6, 6.07) is 22.9. The Morgan fingerprint density at radius 3 is 1.24 bits per heavy atom. The summed E-state index contributed by atoms with van der Waals surface area (Å²) in [5.74, 6) is 1.85. The molecular weight excluding hydrogens is 630 g/mol. The molecule has 4 heteroatoms. The molecule has 0 unspecified atom stereocenters. The topological polar surface area (TPSA) is 18.5 Å². The van der Waals surface area contributed by atoms with Gasteiger partial charge in [-0.2, -0.15) is 0 Å². The molecule has 0 saturated heterocycles. The molecule has 0 bridgehead atoms. The van der Waals surface area contributed by atoms with Crippen molar-refractivity contribution in [3.05, 3.63) is 60.7 Å². The first kappa shape index (κ1) is 25.7. The fourth-order valence-corrected chi connectivity index (χ4v) is 11.3. The third-order valence-electron chi connectivity index (χ3n) is 6.54. The summed E-state index contributed by atoms with van der Waals surface area (Å²) in [7, 11) is 0. The molecule has 0 amide bonds. The Kier molecular flexibility index (Phi) is 7.50. The van der Waals surface area contributed by atoms with Gasteiger partial charge >= 0.3 is 215 Å². The molecule has 0 atom stereocenters. The molecule has 0 aromatic heterocycles. The average molecular weight is 668 g/mol. The van der Waals surface area contributed by atoms with E-state index in [0.29, 0.717) is 13.2 Å². The number of fused-ring (bicyclic) bond motifs is 2. The van der Waals surface area contributed by atoms with Crippen LogP contribution in [0.4, 0.5) is 0 Å². The number of rotatable bonds is 7. The summed E-state index contributed by atoms with van der Waals surface area (Å²) in [5, 5.41) is 5.03. The van der Waals surface area contributed by atoms with Gasteiger partial charge in [-0.3, -0.25) is 0 Å². The van der Waals surface area contributed by atoms with E-state index in [1.54, 1.807) is 7.16 Å². The van der Waals surface area contributed by atoms with Gasteiger partial charge in [0.1, 0.15) is 0 Å². The van der Waals surface area contributed by atoms with E-state index in [9.17, 15) is 0 Å². The number of hydrogen-bond donors (Lipinski definition) is 0. The van der Waals surface area contributed by atoms with Crippen molar-refractivity contribution in [1.82, 2.24) is 0 Å². The summed E-state index contributed by atoms with van der Waals surface area (Å²) in [6.45, 7) is 5.37. The number of hydrogen-bond acceptors (Lipinski definition) is 2. The van der Waals surface area contributed by atoms with Crippen LogP contribution in [0, 0.1) is 0 Å². The minimum atomic E-state index is -2.19.